The van der Waals surface area contributed by atoms with Crippen molar-refractivity contribution >= 4 is 17.4 Å². The van der Waals surface area contributed by atoms with E-state index in [1.165, 1.54) is 19.5 Å². The molecule has 138 valence electrons. The third-order valence-corrected chi connectivity index (χ3v) is 3.65. The van der Waals surface area contributed by atoms with E-state index in [2.05, 4.69) is 15.3 Å². The lowest BCUT2D eigenvalue weighted by Crippen LogP contribution is -2.16. The van der Waals surface area contributed by atoms with Gasteiger partial charge >= 0.3 is 0 Å². The van der Waals surface area contributed by atoms with Crippen LogP contribution < -0.4 is 25.3 Å². The van der Waals surface area contributed by atoms with E-state index in [1.807, 2.05) is 0 Å². The first-order valence-corrected chi connectivity index (χ1v) is 7.98. The lowest BCUT2D eigenvalue weighted by molar-refractivity contribution is 0.102. The molecule has 1 aromatic heterocycles. The molecule has 3 rings (SSSR count). The van der Waals surface area contributed by atoms with Crippen molar-refractivity contribution in [1.82, 2.24) is 9.97 Å². The highest BCUT2D eigenvalue weighted by Gasteiger charge is 2.14. The fourth-order valence-corrected chi connectivity index (χ4v) is 2.32. The van der Waals surface area contributed by atoms with Crippen LogP contribution in [0.15, 0.2) is 54.9 Å². The summed E-state index contributed by atoms with van der Waals surface area (Å²) in [4.78, 5) is 20.2. The highest BCUT2D eigenvalue weighted by atomic mass is 16.5. The number of aromatic nitrogens is 2. The number of methoxy groups -OCH3 is 2. The van der Waals surface area contributed by atoms with Gasteiger partial charge in [-0.1, -0.05) is 0 Å². The number of carbonyl (C=O) groups is 1. The molecule has 0 radical (unpaired) electrons. The maximum absolute atomic E-state index is 12.3. The molecule has 8 heteroatoms. The van der Waals surface area contributed by atoms with Gasteiger partial charge in [0.05, 0.1) is 14.2 Å². The van der Waals surface area contributed by atoms with Crippen molar-refractivity contribution in [2.45, 2.75) is 0 Å². The van der Waals surface area contributed by atoms with Crippen LogP contribution in [0.2, 0.25) is 0 Å². The van der Waals surface area contributed by atoms with Gasteiger partial charge in [0.25, 0.3) is 5.91 Å². The van der Waals surface area contributed by atoms with E-state index in [-0.39, 0.29) is 11.5 Å². The number of hydrogen-bond acceptors (Lipinski definition) is 7. The van der Waals surface area contributed by atoms with Crippen LogP contribution >= 0.6 is 0 Å². The molecule has 3 N–H and O–H groups in total. The van der Waals surface area contributed by atoms with E-state index in [4.69, 9.17) is 19.9 Å². The Morgan fingerprint density at radius 3 is 2.30 bits per heavy atom. The molecule has 1 heterocycles. The Hall–Kier alpha value is -3.81. The van der Waals surface area contributed by atoms with Gasteiger partial charge in [-0.15, -0.1) is 0 Å². The normalized spacial score (nSPS) is 10.1. The number of carbonyl (C=O) groups excluding carboxylic acids is 1. The van der Waals surface area contributed by atoms with Crippen LogP contribution in [0.3, 0.4) is 0 Å². The monoisotopic (exact) mass is 366 g/mol. The van der Waals surface area contributed by atoms with E-state index >= 15 is 0 Å². The second-order valence-corrected chi connectivity index (χ2v) is 5.39. The molecule has 0 aliphatic carbocycles. The average Bonchev–Trinajstić information content (AvgIpc) is 2.69. The van der Waals surface area contributed by atoms with Gasteiger partial charge in [-0.25, -0.2) is 9.97 Å². The third kappa shape index (κ3) is 4.24. The van der Waals surface area contributed by atoms with Gasteiger partial charge in [0.1, 0.15) is 11.5 Å². The fraction of sp³-hybridized carbons (Fsp3) is 0.105. The number of anilines is 2. The van der Waals surface area contributed by atoms with Crippen LogP contribution in [0, 0.1) is 0 Å². The summed E-state index contributed by atoms with van der Waals surface area (Å²) in [5.74, 6) is 1.85. The molecule has 0 bridgehead atoms. The predicted octanol–water partition coefficient (Wildman–Crippen LogP) is 3.12. The number of nitrogens with zero attached hydrogens (tertiary/aromatic N) is 2. The number of ether oxygens (including phenoxy) is 3. The minimum atomic E-state index is -0.471. The van der Waals surface area contributed by atoms with Crippen LogP contribution in [-0.4, -0.2) is 30.1 Å². The van der Waals surface area contributed by atoms with Crippen LogP contribution in [0.4, 0.5) is 11.5 Å². The van der Waals surface area contributed by atoms with Crippen molar-refractivity contribution in [2.75, 3.05) is 25.3 Å². The number of rotatable bonds is 6. The number of nitrogen functional groups attached to an aromatic ring is 1. The molecule has 1 amide bonds. The molecule has 0 saturated carbocycles. The van der Waals surface area contributed by atoms with Crippen LogP contribution in [0.5, 0.6) is 23.0 Å². The second-order valence-electron chi connectivity index (χ2n) is 5.39. The molecular formula is C19H18N4O4. The molecule has 3 aromatic rings. The summed E-state index contributed by atoms with van der Waals surface area (Å²) in [7, 11) is 3.13. The predicted molar refractivity (Wildman–Crippen MR) is 100 cm³/mol. The van der Waals surface area contributed by atoms with E-state index in [1.54, 1.807) is 49.6 Å². The molecule has 0 atom stereocenters. The number of hydrogen-bond donors (Lipinski definition) is 2. The molecular weight excluding hydrogens is 348 g/mol. The van der Waals surface area contributed by atoms with Gasteiger partial charge < -0.3 is 25.3 Å². The molecule has 0 aliphatic rings. The molecule has 0 spiro atoms. The largest absolute Gasteiger partial charge is 0.497 e. The Morgan fingerprint density at radius 1 is 0.926 bits per heavy atom. The van der Waals surface area contributed by atoms with Crippen molar-refractivity contribution in [2.24, 2.45) is 0 Å². The topological polar surface area (TPSA) is 109 Å². The Kier molecular flexibility index (Phi) is 5.36. The van der Waals surface area contributed by atoms with Crippen molar-refractivity contribution in [1.29, 1.82) is 0 Å². The van der Waals surface area contributed by atoms with E-state index in [0.29, 0.717) is 22.9 Å². The van der Waals surface area contributed by atoms with Gasteiger partial charge in [0, 0.05) is 24.1 Å². The maximum atomic E-state index is 12.3. The Bertz CT molecular complexity index is 945. The maximum Gasteiger partial charge on any atom is 0.278 e. The summed E-state index contributed by atoms with van der Waals surface area (Å²) in [5, 5.41) is 2.72. The summed E-state index contributed by atoms with van der Waals surface area (Å²) >= 11 is 0. The Labute approximate surface area is 155 Å². The van der Waals surface area contributed by atoms with Gasteiger partial charge in [-0.2, -0.15) is 0 Å². The van der Waals surface area contributed by atoms with Crippen LogP contribution in [0.25, 0.3) is 0 Å². The number of nitrogens with two attached hydrogens (primary N) is 1. The van der Waals surface area contributed by atoms with E-state index in [0.717, 1.165) is 5.75 Å². The van der Waals surface area contributed by atoms with E-state index in [9.17, 15) is 4.79 Å². The first kappa shape index (κ1) is 18.0. The Balaban J connectivity index is 1.82. The van der Waals surface area contributed by atoms with Crippen molar-refractivity contribution < 1.29 is 19.0 Å². The smallest absolute Gasteiger partial charge is 0.278 e. The van der Waals surface area contributed by atoms with Gasteiger partial charge in [-0.05, 0) is 36.4 Å². The van der Waals surface area contributed by atoms with Gasteiger partial charge in [0.2, 0.25) is 0 Å². The minimum absolute atomic E-state index is 0.0472. The molecule has 0 fully saturated rings. The van der Waals surface area contributed by atoms with Crippen LogP contribution in [-0.2, 0) is 0 Å². The van der Waals surface area contributed by atoms with Crippen molar-refractivity contribution in [3.8, 4) is 23.0 Å². The summed E-state index contributed by atoms with van der Waals surface area (Å²) in [6.45, 7) is 0. The molecule has 2 aromatic carbocycles. The fourth-order valence-electron chi connectivity index (χ4n) is 2.32. The standard InChI is InChI=1S/C19H18N4O4/c1-25-13-4-6-14(7-5-13)27-16-11-12(3-8-15(16)26-2)23-19(24)17-18(20)22-10-9-21-17/h3-11H,1-2H3,(H2,20,22)(H,23,24). The number of amides is 1. The lowest BCUT2D eigenvalue weighted by Gasteiger charge is -2.13. The quantitative estimate of drug-likeness (QED) is 0.690. The first-order chi connectivity index (χ1) is 13.1. The number of benzene rings is 2. The average molecular weight is 366 g/mol. The number of nitrogens with one attached hydrogen (secondary N) is 1. The second kappa shape index (κ2) is 8.05. The van der Waals surface area contributed by atoms with Gasteiger partial charge in [0.15, 0.2) is 23.0 Å². The van der Waals surface area contributed by atoms with Crippen LogP contribution in [0.1, 0.15) is 10.5 Å². The zero-order chi connectivity index (χ0) is 19.2. The summed E-state index contributed by atoms with van der Waals surface area (Å²) in [5.41, 5.74) is 6.23. The molecule has 8 nitrogen and oxygen atoms in total. The third-order valence-electron chi connectivity index (χ3n) is 3.65. The molecule has 0 aliphatic heterocycles. The zero-order valence-corrected chi connectivity index (χ0v) is 14.8. The molecule has 27 heavy (non-hydrogen) atoms. The first-order valence-electron chi connectivity index (χ1n) is 7.98. The highest BCUT2D eigenvalue weighted by Crippen LogP contribution is 2.34. The summed E-state index contributed by atoms with van der Waals surface area (Å²) in [6, 6.07) is 12.1. The zero-order valence-electron chi connectivity index (χ0n) is 14.8. The van der Waals surface area contributed by atoms with E-state index < -0.39 is 5.91 Å². The van der Waals surface area contributed by atoms with Crippen molar-refractivity contribution in [3.63, 3.8) is 0 Å². The Morgan fingerprint density at radius 2 is 1.63 bits per heavy atom. The molecule has 0 saturated heterocycles. The SMILES string of the molecule is COc1ccc(Oc2cc(NC(=O)c3nccnc3N)ccc2OC)cc1. The lowest BCUT2D eigenvalue weighted by atomic mass is 10.2. The van der Waals surface area contributed by atoms with Gasteiger partial charge in [-0.3, -0.25) is 4.79 Å². The summed E-state index contributed by atoms with van der Waals surface area (Å²) in [6.07, 6.45) is 2.82. The minimum Gasteiger partial charge on any atom is -0.497 e. The summed E-state index contributed by atoms with van der Waals surface area (Å²) < 4.78 is 16.3. The molecule has 0 unspecified atom stereocenters. The van der Waals surface area contributed by atoms with Crippen molar-refractivity contribution in [3.05, 3.63) is 60.6 Å². The highest BCUT2D eigenvalue weighted by molar-refractivity contribution is 6.05.